The highest BCUT2D eigenvalue weighted by atomic mass is 32.1. The van der Waals surface area contributed by atoms with Crippen LogP contribution in [0.3, 0.4) is 0 Å². The van der Waals surface area contributed by atoms with E-state index in [1.165, 1.54) is 9.80 Å². The van der Waals surface area contributed by atoms with Crippen molar-refractivity contribution in [3.8, 4) is 5.75 Å². The Bertz CT molecular complexity index is 879. The zero-order valence-electron chi connectivity index (χ0n) is 14.5. The summed E-state index contributed by atoms with van der Waals surface area (Å²) in [5, 5.41) is 11.3. The van der Waals surface area contributed by atoms with Gasteiger partial charge in [-0.1, -0.05) is 11.3 Å². The van der Waals surface area contributed by atoms with Crippen LogP contribution in [0, 0.1) is 0 Å². The molecule has 10 heteroatoms. The summed E-state index contributed by atoms with van der Waals surface area (Å²) in [6.07, 6.45) is 0.129. The van der Waals surface area contributed by atoms with Crippen molar-refractivity contribution in [3.63, 3.8) is 0 Å². The molecule has 3 rings (SSSR count). The lowest BCUT2D eigenvalue weighted by atomic mass is 10.1. The molecule has 2 aromatic rings. The van der Waals surface area contributed by atoms with Gasteiger partial charge in [-0.25, -0.2) is 0 Å². The van der Waals surface area contributed by atoms with E-state index >= 15 is 0 Å². The van der Waals surface area contributed by atoms with Crippen molar-refractivity contribution in [3.05, 3.63) is 28.8 Å². The molecule has 3 amide bonds. The summed E-state index contributed by atoms with van der Waals surface area (Å²) in [4.78, 5) is 38.8. The summed E-state index contributed by atoms with van der Waals surface area (Å²) in [6.45, 7) is -0.0196. The number of nitrogens with one attached hydrogen (secondary N) is 1. The second-order valence-electron chi connectivity index (χ2n) is 5.84. The van der Waals surface area contributed by atoms with Crippen molar-refractivity contribution < 1.29 is 19.1 Å². The molecule has 1 N–H and O–H groups in total. The minimum Gasteiger partial charge on any atom is -0.482 e. The minimum atomic E-state index is -0.388. The largest absolute Gasteiger partial charge is 0.482 e. The first kappa shape index (κ1) is 17.8. The Hall–Kier alpha value is -3.01. The molecule has 0 fully saturated rings. The van der Waals surface area contributed by atoms with Crippen LogP contribution in [-0.4, -0.2) is 60.6 Å². The molecule has 1 aromatic carbocycles. The van der Waals surface area contributed by atoms with Gasteiger partial charge in [-0.3, -0.25) is 19.7 Å². The molecular formula is C16H17N5O4S. The Labute approximate surface area is 153 Å². The summed E-state index contributed by atoms with van der Waals surface area (Å²) in [5.41, 5.74) is 0.887. The summed E-state index contributed by atoms with van der Waals surface area (Å²) >= 11 is 1.14. The number of amides is 3. The van der Waals surface area contributed by atoms with Crippen LogP contribution in [0.15, 0.2) is 18.2 Å². The summed E-state index contributed by atoms with van der Waals surface area (Å²) < 4.78 is 5.34. The fourth-order valence-corrected chi connectivity index (χ4v) is 2.97. The number of nitrogens with zero attached hydrogens (tertiary/aromatic N) is 4. The van der Waals surface area contributed by atoms with Crippen LogP contribution >= 0.6 is 11.3 Å². The molecule has 1 aliphatic rings. The van der Waals surface area contributed by atoms with Crippen molar-refractivity contribution in [2.45, 2.75) is 6.42 Å². The highest BCUT2D eigenvalue weighted by Crippen LogP contribution is 2.32. The number of hydrogen-bond donors (Lipinski definition) is 1. The molecule has 1 aromatic heterocycles. The zero-order chi connectivity index (χ0) is 18.8. The smallest absolute Gasteiger partial charge is 0.264 e. The molecule has 26 heavy (non-hydrogen) atoms. The quantitative estimate of drug-likeness (QED) is 0.847. The van der Waals surface area contributed by atoms with Crippen LogP contribution in [0.4, 0.5) is 10.8 Å². The van der Waals surface area contributed by atoms with Crippen molar-refractivity contribution in [1.82, 2.24) is 15.1 Å². The maximum atomic E-state index is 12.4. The molecule has 0 spiro atoms. The van der Waals surface area contributed by atoms with Crippen molar-refractivity contribution >= 4 is 39.9 Å². The Morgan fingerprint density at radius 1 is 1.35 bits per heavy atom. The van der Waals surface area contributed by atoms with Crippen LogP contribution in [0.25, 0.3) is 0 Å². The van der Waals surface area contributed by atoms with Gasteiger partial charge in [0.1, 0.15) is 10.8 Å². The van der Waals surface area contributed by atoms with Crippen molar-refractivity contribution in [2.24, 2.45) is 0 Å². The number of anilines is 2. The number of hydrogen-bond acceptors (Lipinski definition) is 7. The summed E-state index contributed by atoms with van der Waals surface area (Å²) in [6, 6.07) is 4.84. The van der Waals surface area contributed by atoms with Gasteiger partial charge in [0.15, 0.2) is 6.61 Å². The van der Waals surface area contributed by atoms with E-state index in [0.29, 0.717) is 27.1 Å². The lowest BCUT2D eigenvalue weighted by molar-refractivity contribution is -0.128. The van der Waals surface area contributed by atoms with Crippen LogP contribution in [0.1, 0.15) is 15.4 Å². The number of carbonyl (C=O) groups is 3. The first-order valence-corrected chi connectivity index (χ1v) is 8.54. The lowest BCUT2D eigenvalue weighted by Crippen LogP contribution is -2.35. The van der Waals surface area contributed by atoms with E-state index in [2.05, 4.69) is 15.5 Å². The maximum Gasteiger partial charge on any atom is 0.264 e. The molecule has 0 unspecified atom stereocenters. The van der Waals surface area contributed by atoms with Crippen LogP contribution in [0.5, 0.6) is 5.75 Å². The van der Waals surface area contributed by atoms with Gasteiger partial charge in [0.25, 0.3) is 11.8 Å². The molecule has 136 valence electrons. The number of ether oxygens (including phenoxy) is 1. The van der Waals surface area contributed by atoms with E-state index in [0.717, 1.165) is 11.3 Å². The van der Waals surface area contributed by atoms with Gasteiger partial charge in [-0.05, 0) is 18.2 Å². The molecule has 2 heterocycles. The SMILES string of the molecule is CN(C)C(=O)Cc1nnc(NC(=O)c2ccc3c(c2)N(C)C(=O)CO3)s1. The second-order valence-corrected chi connectivity index (χ2v) is 6.91. The summed E-state index contributed by atoms with van der Waals surface area (Å²) in [7, 11) is 4.95. The van der Waals surface area contributed by atoms with Gasteiger partial charge in [0.05, 0.1) is 12.1 Å². The average Bonchev–Trinajstić information content (AvgIpc) is 3.04. The van der Waals surface area contributed by atoms with Gasteiger partial charge >= 0.3 is 0 Å². The van der Waals surface area contributed by atoms with Crippen LogP contribution < -0.4 is 15.0 Å². The Morgan fingerprint density at radius 3 is 2.85 bits per heavy atom. The van der Waals surface area contributed by atoms with Crippen LogP contribution in [-0.2, 0) is 16.0 Å². The number of carbonyl (C=O) groups excluding carboxylic acids is 3. The third-order valence-corrected chi connectivity index (χ3v) is 4.63. The molecule has 0 atom stereocenters. The van der Waals surface area contributed by atoms with E-state index in [1.54, 1.807) is 39.3 Å². The number of fused-ring (bicyclic) bond motifs is 1. The molecule has 0 radical (unpaired) electrons. The number of likely N-dealkylation sites (N-methyl/N-ethyl adjacent to an activating group) is 2. The van der Waals surface area contributed by atoms with Gasteiger partial charge in [0, 0.05) is 26.7 Å². The van der Waals surface area contributed by atoms with E-state index in [1.807, 2.05) is 0 Å². The lowest BCUT2D eigenvalue weighted by Gasteiger charge is -2.26. The van der Waals surface area contributed by atoms with Crippen LogP contribution in [0.2, 0.25) is 0 Å². The predicted molar refractivity (Wildman–Crippen MR) is 95.6 cm³/mol. The Kier molecular flexibility index (Phi) is 4.85. The molecule has 9 nitrogen and oxygen atoms in total. The Morgan fingerprint density at radius 2 is 2.12 bits per heavy atom. The fraction of sp³-hybridized carbons (Fsp3) is 0.312. The number of rotatable bonds is 4. The molecule has 0 bridgehead atoms. The Balaban J connectivity index is 1.72. The predicted octanol–water partition coefficient (Wildman–Crippen LogP) is 0.776. The average molecular weight is 375 g/mol. The van der Waals surface area contributed by atoms with Crippen molar-refractivity contribution in [1.29, 1.82) is 0 Å². The highest BCUT2D eigenvalue weighted by Gasteiger charge is 2.23. The second kappa shape index (κ2) is 7.08. The van der Waals surface area contributed by atoms with Gasteiger partial charge < -0.3 is 14.5 Å². The molecule has 0 saturated heterocycles. The molecule has 0 aliphatic carbocycles. The minimum absolute atomic E-state index is 0.0196. The highest BCUT2D eigenvalue weighted by molar-refractivity contribution is 7.15. The van der Waals surface area contributed by atoms with Gasteiger partial charge in [0.2, 0.25) is 11.0 Å². The maximum absolute atomic E-state index is 12.4. The van der Waals surface area contributed by atoms with E-state index in [4.69, 9.17) is 4.74 Å². The molecule has 0 saturated carbocycles. The van der Waals surface area contributed by atoms with E-state index in [-0.39, 0.29) is 30.7 Å². The van der Waals surface area contributed by atoms with E-state index < -0.39 is 0 Å². The van der Waals surface area contributed by atoms with Gasteiger partial charge in [-0.2, -0.15) is 0 Å². The van der Waals surface area contributed by atoms with Crippen molar-refractivity contribution in [2.75, 3.05) is 38.0 Å². The number of benzene rings is 1. The summed E-state index contributed by atoms with van der Waals surface area (Å²) in [5.74, 6) is -0.124. The monoisotopic (exact) mass is 375 g/mol. The normalized spacial score (nSPS) is 13.0. The zero-order valence-corrected chi connectivity index (χ0v) is 15.3. The molecule has 1 aliphatic heterocycles. The first-order chi connectivity index (χ1) is 12.3. The standard InChI is InChI=1S/C16H17N5O4S/c1-20(2)13(22)7-12-18-19-16(26-12)17-15(24)9-4-5-11-10(6-9)21(3)14(23)8-25-11/h4-6H,7-8H2,1-3H3,(H,17,19,24). The third kappa shape index (κ3) is 3.64. The molecular weight excluding hydrogens is 358 g/mol. The number of aromatic nitrogens is 2. The fourth-order valence-electron chi connectivity index (χ4n) is 2.25. The first-order valence-electron chi connectivity index (χ1n) is 7.72. The van der Waals surface area contributed by atoms with E-state index in [9.17, 15) is 14.4 Å². The third-order valence-electron chi connectivity index (χ3n) is 3.80. The topological polar surface area (TPSA) is 105 Å². The van der Waals surface area contributed by atoms with Gasteiger partial charge in [-0.15, -0.1) is 10.2 Å².